The Morgan fingerprint density at radius 3 is 2.69 bits per heavy atom. The zero-order valence-electron chi connectivity index (χ0n) is 10.4. The minimum atomic E-state index is 0.614. The van der Waals surface area contributed by atoms with Crippen LogP contribution in [0.5, 0.6) is 5.88 Å². The van der Waals surface area contributed by atoms with Gasteiger partial charge in [-0.05, 0) is 31.9 Å². The van der Waals surface area contributed by atoms with Crippen molar-refractivity contribution in [1.82, 2.24) is 15.5 Å². The highest BCUT2D eigenvalue weighted by molar-refractivity contribution is 5.11. The van der Waals surface area contributed by atoms with Crippen molar-refractivity contribution in [2.24, 2.45) is 5.92 Å². The second-order valence-corrected chi connectivity index (χ2v) is 4.28. The van der Waals surface area contributed by atoms with Gasteiger partial charge < -0.3 is 10.1 Å². The highest BCUT2D eigenvalue weighted by atomic mass is 16.5. The average molecular weight is 223 g/mol. The van der Waals surface area contributed by atoms with Crippen LogP contribution in [-0.4, -0.2) is 23.9 Å². The van der Waals surface area contributed by atoms with Gasteiger partial charge in [0, 0.05) is 12.6 Å². The van der Waals surface area contributed by atoms with Gasteiger partial charge in [0.2, 0.25) is 5.88 Å². The monoisotopic (exact) mass is 223 g/mol. The van der Waals surface area contributed by atoms with Crippen molar-refractivity contribution in [2.45, 2.75) is 33.2 Å². The largest absolute Gasteiger partial charge is 0.477 e. The molecule has 0 saturated carbocycles. The molecule has 0 spiro atoms. The van der Waals surface area contributed by atoms with E-state index in [1.807, 2.05) is 19.2 Å². The van der Waals surface area contributed by atoms with Gasteiger partial charge in [0.1, 0.15) is 0 Å². The van der Waals surface area contributed by atoms with Crippen LogP contribution in [0.1, 0.15) is 32.4 Å². The molecule has 1 heterocycles. The molecule has 0 bridgehead atoms. The molecule has 0 aliphatic rings. The van der Waals surface area contributed by atoms with E-state index in [1.165, 1.54) is 6.42 Å². The molecule has 1 aromatic heterocycles. The van der Waals surface area contributed by atoms with Crippen molar-refractivity contribution in [3.05, 3.63) is 17.8 Å². The number of hydrogen-bond acceptors (Lipinski definition) is 4. The molecule has 0 amide bonds. The fraction of sp³-hybridized carbons (Fsp3) is 0.667. The fourth-order valence-corrected chi connectivity index (χ4v) is 1.37. The average Bonchev–Trinajstić information content (AvgIpc) is 2.27. The summed E-state index contributed by atoms with van der Waals surface area (Å²) in [5.41, 5.74) is 0.928. The molecule has 0 aliphatic heterocycles. The maximum atomic E-state index is 5.50. The lowest BCUT2D eigenvalue weighted by Gasteiger charge is -2.06. The zero-order chi connectivity index (χ0) is 11.8. The summed E-state index contributed by atoms with van der Waals surface area (Å²) in [6.45, 7) is 5.89. The first-order chi connectivity index (χ1) is 7.72. The maximum absolute atomic E-state index is 5.50. The Morgan fingerprint density at radius 2 is 2.12 bits per heavy atom. The van der Waals surface area contributed by atoms with Crippen LogP contribution in [0.3, 0.4) is 0 Å². The molecule has 90 valence electrons. The lowest BCUT2D eigenvalue weighted by atomic mass is 10.1. The van der Waals surface area contributed by atoms with Crippen LogP contribution in [-0.2, 0) is 6.54 Å². The smallest absolute Gasteiger partial charge is 0.233 e. The Hall–Kier alpha value is -1.16. The van der Waals surface area contributed by atoms with Gasteiger partial charge in [-0.15, -0.1) is 5.10 Å². The molecule has 1 aromatic rings. The Balaban J connectivity index is 2.26. The lowest BCUT2D eigenvalue weighted by molar-refractivity contribution is 0.283. The van der Waals surface area contributed by atoms with Crippen molar-refractivity contribution in [1.29, 1.82) is 0 Å². The Bertz CT molecular complexity index is 285. The molecule has 0 radical (unpaired) electrons. The summed E-state index contributed by atoms with van der Waals surface area (Å²) in [5.74, 6) is 1.34. The summed E-state index contributed by atoms with van der Waals surface area (Å²) < 4.78 is 5.50. The van der Waals surface area contributed by atoms with E-state index in [0.29, 0.717) is 5.88 Å². The minimum absolute atomic E-state index is 0.614. The van der Waals surface area contributed by atoms with Gasteiger partial charge in [0.05, 0.1) is 12.3 Å². The standard InChI is InChI=1S/C12H21N3O/c1-10(2)5-4-8-16-12-7-6-11(9-13-3)14-15-12/h6-7,10,13H,4-5,8-9H2,1-3H3. The first-order valence-electron chi connectivity index (χ1n) is 5.82. The molecular formula is C12H21N3O. The first-order valence-corrected chi connectivity index (χ1v) is 5.82. The molecule has 1 rings (SSSR count). The van der Waals surface area contributed by atoms with E-state index >= 15 is 0 Å². The number of aromatic nitrogens is 2. The summed E-state index contributed by atoms with van der Waals surface area (Å²) in [6.07, 6.45) is 2.25. The van der Waals surface area contributed by atoms with Crippen LogP contribution in [0.15, 0.2) is 12.1 Å². The molecule has 4 heteroatoms. The molecule has 1 N–H and O–H groups in total. The van der Waals surface area contributed by atoms with Gasteiger partial charge >= 0.3 is 0 Å². The van der Waals surface area contributed by atoms with Crippen LogP contribution in [0.4, 0.5) is 0 Å². The number of nitrogens with zero attached hydrogens (tertiary/aromatic N) is 2. The molecule has 4 nitrogen and oxygen atoms in total. The summed E-state index contributed by atoms with van der Waals surface area (Å²) in [7, 11) is 1.89. The second kappa shape index (κ2) is 7.17. The van der Waals surface area contributed by atoms with Crippen molar-refractivity contribution in [3.8, 4) is 5.88 Å². The van der Waals surface area contributed by atoms with Gasteiger partial charge in [-0.25, -0.2) is 0 Å². The number of rotatable bonds is 7. The molecule has 0 saturated heterocycles. The topological polar surface area (TPSA) is 47.0 Å². The van der Waals surface area contributed by atoms with E-state index in [0.717, 1.165) is 31.2 Å². The van der Waals surface area contributed by atoms with Crippen LogP contribution >= 0.6 is 0 Å². The summed E-state index contributed by atoms with van der Waals surface area (Å²) in [5, 5.41) is 11.1. The Kier molecular flexibility index (Phi) is 5.78. The first kappa shape index (κ1) is 12.9. The van der Waals surface area contributed by atoms with E-state index in [2.05, 4.69) is 29.4 Å². The quantitative estimate of drug-likeness (QED) is 0.718. The van der Waals surface area contributed by atoms with Gasteiger partial charge in [-0.3, -0.25) is 0 Å². The summed E-state index contributed by atoms with van der Waals surface area (Å²) in [6, 6.07) is 3.80. The third-order valence-electron chi connectivity index (χ3n) is 2.23. The van der Waals surface area contributed by atoms with Crippen LogP contribution in [0.2, 0.25) is 0 Å². The van der Waals surface area contributed by atoms with Gasteiger partial charge in [0.15, 0.2) is 0 Å². The molecule has 16 heavy (non-hydrogen) atoms. The zero-order valence-corrected chi connectivity index (χ0v) is 10.4. The molecule has 0 atom stereocenters. The molecule has 0 aromatic carbocycles. The van der Waals surface area contributed by atoms with Crippen molar-refractivity contribution in [2.75, 3.05) is 13.7 Å². The molecular weight excluding hydrogens is 202 g/mol. The number of nitrogens with one attached hydrogen (secondary N) is 1. The predicted octanol–water partition coefficient (Wildman–Crippen LogP) is 2.01. The summed E-state index contributed by atoms with van der Waals surface area (Å²) >= 11 is 0. The predicted molar refractivity (Wildman–Crippen MR) is 64.4 cm³/mol. The second-order valence-electron chi connectivity index (χ2n) is 4.28. The lowest BCUT2D eigenvalue weighted by Crippen LogP contribution is -2.08. The van der Waals surface area contributed by atoms with E-state index in [9.17, 15) is 0 Å². The normalized spacial score (nSPS) is 10.8. The van der Waals surface area contributed by atoms with Crippen molar-refractivity contribution < 1.29 is 4.74 Å². The molecule has 0 unspecified atom stereocenters. The number of ether oxygens (including phenoxy) is 1. The van der Waals surface area contributed by atoms with Gasteiger partial charge in [-0.1, -0.05) is 13.8 Å². The summed E-state index contributed by atoms with van der Waals surface area (Å²) in [4.78, 5) is 0. The molecule has 0 aliphatic carbocycles. The van der Waals surface area contributed by atoms with E-state index < -0.39 is 0 Å². The minimum Gasteiger partial charge on any atom is -0.477 e. The van der Waals surface area contributed by atoms with E-state index in [4.69, 9.17) is 4.74 Å². The third kappa shape index (κ3) is 5.07. The third-order valence-corrected chi connectivity index (χ3v) is 2.23. The Morgan fingerprint density at radius 1 is 1.31 bits per heavy atom. The van der Waals surface area contributed by atoms with Crippen molar-refractivity contribution >= 4 is 0 Å². The fourth-order valence-electron chi connectivity index (χ4n) is 1.37. The van der Waals surface area contributed by atoms with Crippen LogP contribution in [0, 0.1) is 5.92 Å². The molecule has 0 fully saturated rings. The SMILES string of the molecule is CNCc1ccc(OCCCC(C)C)nn1. The van der Waals surface area contributed by atoms with Gasteiger partial charge in [0.25, 0.3) is 0 Å². The maximum Gasteiger partial charge on any atom is 0.233 e. The van der Waals surface area contributed by atoms with Crippen LogP contribution in [0.25, 0.3) is 0 Å². The van der Waals surface area contributed by atoms with E-state index in [-0.39, 0.29) is 0 Å². The Labute approximate surface area is 97.4 Å². The van der Waals surface area contributed by atoms with Gasteiger partial charge in [-0.2, -0.15) is 5.10 Å². The number of hydrogen-bond donors (Lipinski definition) is 1. The van der Waals surface area contributed by atoms with Crippen LogP contribution < -0.4 is 10.1 Å². The van der Waals surface area contributed by atoms with E-state index in [1.54, 1.807) is 0 Å². The highest BCUT2D eigenvalue weighted by Gasteiger charge is 1.99. The highest BCUT2D eigenvalue weighted by Crippen LogP contribution is 2.07. The van der Waals surface area contributed by atoms with Crippen molar-refractivity contribution in [3.63, 3.8) is 0 Å².